The van der Waals surface area contributed by atoms with E-state index in [2.05, 4.69) is 30.8 Å². The number of nitrogens with zero attached hydrogens (tertiary/aromatic N) is 2. The van der Waals surface area contributed by atoms with Crippen molar-refractivity contribution in [3.8, 4) is 0 Å². The number of hydrogen-bond acceptors (Lipinski definition) is 2. The molecule has 0 aliphatic carbocycles. The smallest absolute Gasteiger partial charge is 0.0558 e. The maximum absolute atomic E-state index is 5.90. The number of rotatable bonds is 5. The van der Waals surface area contributed by atoms with E-state index in [1.807, 2.05) is 6.07 Å². The van der Waals surface area contributed by atoms with Crippen molar-refractivity contribution < 1.29 is 0 Å². The molecule has 1 aromatic heterocycles. The van der Waals surface area contributed by atoms with Crippen LogP contribution in [0.5, 0.6) is 0 Å². The first-order valence-electron chi connectivity index (χ1n) is 5.37. The van der Waals surface area contributed by atoms with Gasteiger partial charge in [0.2, 0.25) is 0 Å². The van der Waals surface area contributed by atoms with Gasteiger partial charge in [0.05, 0.1) is 5.69 Å². The van der Waals surface area contributed by atoms with E-state index < -0.39 is 0 Å². The molecule has 2 nitrogen and oxygen atoms in total. The van der Waals surface area contributed by atoms with Gasteiger partial charge in [-0.2, -0.15) is 0 Å². The molecular weight excluding hydrogens is 208 g/mol. The topological polar surface area (TPSA) is 16.1 Å². The van der Waals surface area contributed by atoms with Gasteiger partial charge in [0.25, 0.3) is 0 Å². The van der Waals surface area contributed by atoms with Gasteiger partial charge >= 0.3 is 0 Å². The van der Waals surface area contributed by atoms with E-state index in [1.54, 1.807) is 12.3 Å². The first-order chi connectivity index (χ1) is 7.08. The zero-order valence-electron chi connectivity index (χ0n) is 9.70. The van der Waals surface area contributed by atoms with Crippen LogP contribution in [0.1, 0.15) is 26.0 Å². The second kappa shape index (κ2) is 6.09. The molecular formula is C12H19ClN2. The maximum atomic E-state index is 5.90. The van der Waals surface area contributed by atoms with Crippen molar-refractivity contribution in [2.75, 3.05) is 13.6 Å². The molecule has 0 fully saturated rings. The van der Waals surface area contributed by atoms with Gasteiger partial charge in [-0.1, -0.05) is 25.4 Å². The van der Waals surface area contributed by atoms with Crippen LogP contribution in [0.2, 0.25) is 5.02 Å². The zero-order chi connectivity index (χ0) is 11.3. The van der Waals surface area contributed by atoms with E-state index in [1.165, 1.54) is 6.42 Å². The Morgan fingerprint density at radius 3 is 2.80 bits per heavy atom. The van der Waals surface area contributed by atoms with Gasteiger partial charge < -0.3 is 4.90 Å². The Morgan fingerprint density at radius 2 is 2.20 bits per heavy atom. The van der Waals surface area contributed by atoms with Gasteiger partial charge in [0, 0.05) is 17.8 Å². The van der Waals surface area contributed by atoms with Crippen LogP contribution in [-0.2, 0) is 6.54 Å². The predicted molar refractivity (Wildman–Crippen MR) is 65.0 cm³/mol. The van der Waals surface area contributed by atoms with Crippen molar-refractivity contribution in [2.24, 2.45) is 5.92 Å². The van der Waals surface area contributed by atoms with E-state index in [0.29, 0.717) is 0 Å². The lowest BCUT2D eigenvalue weighted by atomic mass is 10.1. The first kappa shape index (κ1) is 12.5. The summed E-state index contributed by atoms with van der Waals surface area (Å²) in [4.78, 5) is 6.56. The van der Waals surface area contributed by atoms with Gasteiger partial charge in [-0.3, -0.25) is 4.98 Å². The minimum absolute atomic E-state index is 0.750. The number of hydrogen-bond donors (Lipinski definition) is 0. The molecule has 0 aromatic carbocycles. The lowest BCUT2D eigenvalue weighted by Gasteiger charge is -2.17. The Balaban J connectivity index is 2.40. The molecule has 1 heterocycles. The minimum Gasteiger partial charge on any atom is -0.301 e. The van der Waals surface area contributed by atoms with Crippen LogP contribution in [0.3, 0.4) is 0 Å². The highest BCUT2D eigenvalue weighted by molar-refractivity contribution is 6.30. The summed E-state index contributed by atoms with van der Waals surface area (Å²) in [6.07, 6.45) is 2.98. The third-order valence-electron chi connectivity index (χ3n) is 2.30. The van der Waals surface area contributed by atoms with Crippen LogP contribution in [0.15, 0.2) is 18.3 Å². The molecule has 0 unspecified atom stereocenters. The Bertz CT molecular complexity index is 299. The average Bonchev–Trinajstić information content (AvgIpc) is 2.15. The third-order valence-corrected chi connectivity index (χ3v) is 2.53. The minimum atomic E-state index is 0.750. The standard InChI is InChI=1S/C12H19ClN2/c1-10(2)5-7-15(3)9-12-8-11(13)4-6-14-12/h4,6,8,10H,5,7,9H2,1-3H3. The van der Waals surface area contributed by atoms with Crippen molar-refractivity contribution in [2.45, 2.75) is 26.8 Å². The van der Waals surface area contributed by atoms with Gasteiger partial charge in [-0.05, 0) is 38.1 Å². The largest absolute Gasteiger partial charge is 0.301 e. The molecule has 0 bridgehead atoms. The highest BCUT2D eigenvalue weighted by atomic mass is 35.5. The summed E-state index contributed by atoms with van der Waals surface area (Å²) in [5.74, 6) is 0.750. The molecule has 0 amide bonds. The second-order valence-electron chi connectivity index (χ2n) is 4.39. The van der Waals surface area contributed by atoms with Crippen LogP contribution in [0.4, 0.5) is 0 Å². The quantitative estimate of drug-likeness (QED) is 0.767. The summed E-state index contributed by atoms with van der Waals surface area (Å²) >= 11 is 5.90. The Hall–Kier alpha value is -0.600. The van der Waals surface area contributed by atoms with Crippen LogP contribution >= 0.6 is 11.6 Å². The first-order valence-corrected chi connectivity index (χ1v) is 5.74. The van der Waals surface area contributed by atoms with Crippen LogP contribution < -0.4 is 0 Å². The molecule has 0 atom stereocenters. The van der Waals surface area contributed by atoms with Crippen LogP contribution in [0, 0.1) is 5.92 Å². The van der Waals surface area contributed by atoms with Gasteiger partial charge in [-0.25, -0.2) is 0 Å². The summed E-state index contributed by atoms with van der Waals surface area (Å²) in [6, 6.07) is 3.73. The molecule has 15 heavy (non-hydrogen) atoms. The summed E-state index contributed by atoms with van der Waals surface area (Å²) in [5.41, 5.74) is 1.04. The monoisotopic (exact) mass is 226 g/mol. The molecule has 0 saturated heterocycles. The fourth-order valence-electron chi connectivity index (χ4n) is 1.37. The summed E-state index contributed by atoms with van der Waals surface area (Å²) < 4.78 is 0. The highest BCUT2D eigenvalue weighted by Crippen LogP contribution is 2.10. The highest BCUT2D eigenvalue weighted by Gasteiger charge is 2.03. The van der Waals surface area contributed by atoms with Crippen molar-refractivity contribution in [1.29, 1.82) is 0 Å². The summed E-state index contributed by atoms with van der Waals surface area (Å²) in [7, 11) is 2.12. The lowest BCUT2D eigenvalue weighted by Crippen LogP contribution is -2.20. The van der Waals surface area contributed by atoms with E-state index in [9.17, 15) is 0 Å². The summed E-state index contributed by atoms with van der Waals surface area (Å²) in [5, 5.41) is 0.761. The molecule has 0 N–H and O–H groups in total. The molecule has 0 radical (unpaired) electrons. The van der Waals surface area contributed by atoms with E-state index >= 15 is 0 Å². The lowest BCUT2D eigenvalue weighted by molar-refractivity contribution is 0.300. The van der Waals surface area contributed by atoms with Crippen LogP contribution in [0.25, 0.3) is 0 Å². The molecule has 0 saturated carbocycles. The summed E-state index contributed by atoms with van der Waals surface area (Å²) in [6.45, 7) is 6.45. The van der Waals surface area contributed by atoms with E-state index in [4.69, 9.17) is 11.6 Å². The van der Waals surface area contributed by atoms with Crippen molar-refractivity contribution >= 4 is 11.6 Å². The molecule has 84 valence electrons. The van der Waals surface area contributed by atoms with Crippen molar-refractivity contribution in [3.05, 3.63) is 29.0 Å². The number of aromatic nitrogens is 1. The fourth-order valence-corrected chi connectivity index (χ4v) is 1.55. The third kappa shape index (κ3) is 5.14. The predicted octanol–water partition coefficient (Wildman–Crippen LogP) is 3.21. The average molecular weight is 227 g/mol. The Labute approximate surface area is 97.3 Å². The number of halogens is 1. The molecule has 0 aliphatic rings. The van der Waals surface area contributed by atoms with Gasteiger partial charge in [-0.15, -0.1) is 0 Å². The molecule has 0 aliphatic heterocycles. The van der Waals surface area contributed by atoms with Gasteiger partial charge in [0.15, 0.2) is 0 Å². The van der Waals surface area contributed by atoms with E-state index in [-0.39, 0.29) is 0 Å². The Morgan fingerprint density at radius 1 is 1.47 bits per heavy atom. The normalized spacial score (nSPS) is 11.3. The SMILES string of the molecule is CC(C)CCN(C)Cc1cc(Cl)ccn1. The zero-order valence-corrected chi connectivity index (χ0v) is 10.5. The van der Waals surface area contributed by atoms with Crippen LogP contribution in [-0.4, -0.2) is 23.5 Å². The van der Waals surface area contributed by atoms with Gasteiger partial charge in [0.1, 0.15) is 0 Å². The van der Waals surface area contributed by atoms with Crippen molar-refractivity contribution in [1.82, 2.24) is 9.88 Å². The fraction of sp³-hybridized carbons (Fsp3) is 0.583. The molecule has 1 aromatic rings. The van der Waals surface area contributed by atoms with E-state index in [0.717, 1.165) is 29.7 Å². The maximum Gasteiger partial charge on any atom is 0.0558 e. The molecule has 0 spiro atoms. The van der Waals surface area contributed by atoms with Crippen molar-refractivity contribution in [3.63, 3.8) is 0 Å². The number of pyridine rings is 1. The Kier molecular flexibility index (Phi) is 5.06. The molecule has 3 heteroatoms. The molecule has 1 rings (SSSR count). The second-order valence-corrected chi connectivity index (χ2v) is 4.82.